The number of carbonyl (C=O) groups excluding carboxylic acids is 2. The van der Waals surface area contributed by atoms with Crippen LogP contribution in [0.4, 0.5) is 0 Å². The molecule has 1 aliphatic heterocycles. The minimum atomic E-state index is -0.0700. The molecule has 4 unspecified atom stereocenters. The first-order valence-electron chi connectivity index (χ1n) is 13.1. The smallest absolute Gasteiger partial charge is 0.160 e. The third kappa shape index (κ3) is 3.21. The fraction of sp³-hybridized carbons (Fsp3) is 0.926. The highest BCUT2D eigenvalue weighted by molar-refractivity contribution is 5.88. The Morgan fingerprint density at radius 1 is 0.968 bits per heavy atom. The average Bonchev–Trinajstić information content (AvgIpc) is 3.39. The molecule has 0 bridgehead atoms. The topological polar surface area (TPSA) is 52.6 Å². The van der Waals surface area contributed by atoms with Crippen molar-refractivity contribution in [1.29, 1.82) is 0 Å². The summed E-state index contributed by atoms with van der Waals surface area (Å²) in [5.74, 6) is 3.41. The molecule has 1 saturated heterocycles. The van der Waals surface area contributed by atoms with Crippen molar-refractivity contribution in [3.05, 3.63) is 0 Å². The number of ketones is 2. The summed E-state index contributed by atoms with van der Waals surface area (Å²) in [5, 5.41) is 0. The standard InChI is InChI=1S/C27H42O4/c1-5-6-18-22-15-17(28)9-11-27(22,4)21-10-12-26(3)19(16(2)25-30-13-14-31-25)7-8-20(26)23(21)24(18)29/h16,18-23,25H,5-15H2,1-4H3/t16-,18-,19+,20?,21?,22?,23?,26+,27+/m0/s1. The van der Waals surface area contributed by atoms with Crippen molar-refractivity contribution >= 4 is 11.6 Å². The molecule has 0 amide bonds. The van der Waals surface area contributed by atoms with Gasteiger partial charge in [0.1, 0.15) is 11.6 Å². The third-order valence-corrected chi connectivity index (χ3v) is 10.9. The molecular formula is C27H42O4. The normalized spacial score (nSPS) is 48.9. The van der Waals surface area contributed by atoms with Crippen LogP contribution in [0.25, 0.3) is 0 Å². The average molecular weight is 431 g/mol. The van der Waals surface area contributed by atoms with Crippen LogP contribution >= 0.6 is 0 Å². The van der Waals surface area contributed by atoms with E-state index in [0.717, 1.165) is 32.1 Å². The minimum absolute atomic E-state index is 0.0700. The van der Waals surface area contributed by atoms with Gasteiger partial charge in [0, 0.05) is 30.6 Å². The molecule has 174 valence electrons. The summed E-state index contributed by atoms with van der Waals surface area (Å²) in [4.78, 5) is 26.5. The van der Waals surface area contributed by atoms with Gasteiger partial charge in [0.15, 0.2) is 6.29 Å². The van der Waals surface area contributed by atoms with Crippen molar-refractivity contribution < 1.29 is 19.1 Å². The first kappa shape index (κ1) is 22.1. The van der Waals surface area contributed by atoms with Crippen molar-refractivity contribution in [3.63, 3.8) is 0 Å². The van der Waals surface area contributed by atoms with Gasteiger partial charge in [0.05, 0.1) is 13.2 Å². The maximum absolute atomic E-state index is 14.1. The van der Waals surface area contributed by atoms with E-state index < -0.39 is 0 Å². The lowest BCUT2D eigenvalue weighted by atomic mass is 9.42. The van der Waals surface area contributed by atoms with Gasteiger partial charge in [-0.2, -0.15) is 0 Å². The Morgan fingerprint density at radius 3 is 2.39 bits per heavy atom. The van der Waals surface area contributed by atoms with Crippen LogP contribution in [0.3, 0.4) is 0 Å². The number of ether oxygens (including phenoxy) is 2. The Kier molecular flexibility index (Phi) is 5.65. The van der Waals surface area contributed by atoms with Crippen molar-refractivity contribution in [1.82, 2.24) is 0 Å². The van der Waals surface area contributed by atoms with Crippen molar-refractivity contribution in [3.8, 4) is 0 Å². The van der Waals surface area contributed by atoms with Gasteiger partial charge >= 0.3 is 0 Å². The van der Waals surface area contributed by atoms with Crippen LogP contribution in [0.5, 0.6) is 0 Å². The summed E-state index contributed by atoms with van der Waals surface area (Å²) in [6.07, 6.45) is 9.02. The summed E-state index contributed by atoms with van der Waals surface area (Å²) in [6, 6.07) is 0. The van der Waals surface area contributed by atoms with Crippen molar-refractivity contribution in [2.24, 2.45) is 52.3 Å². The van der Waals surface area contributed by atoms with Crippen LogP contribution in [0.15, 0.2) is 0 Å². The molecule has 4 aliphatic carbocycles. The molecule has 31 heavy (non-hydrogen) atoms. The zero-order valence-corrected chi connectivity index (χ0v) is 20.0. The SMILES string of the molecule is CCC[C@@H]1C(=O)C2C(CC[C@@]3(C)C2CC[C@@H]3[C@H](C)C2OCCO2)[C@@]2(C)CCC(=O)CC12. The number of Topliss-reactive ketones (excluding diaryl/α,β-unsaturated/α-hetero) is 2. The molecule has 0 aromatic carbocycles. The van der Waals surface area contributed by atoms with Gasteiger partial charge in [-0.3, -0.25) is 9.59 Å². The summed E-state index contributed by atoms with van der Waals surface area (Å²) >= 11 is 0. The second kappa shape index (κ2) is 7.94. The molecule has 5 rings (SSSR count). The third-order valence-electron chi connectivity index (χ3n) is 10.9. The number of hydrogen-bond acceptors (Lipinski definition) is 4. The number of hydrogen-bond donors (Lipinski definition) is 0. The van der Waals surface area contributed by atoms with Gasteiger partial charge in [-0.05, 0) is 73.0 Å². The van der Waals surface area contributed by atoms with Crippen molar-refractivity contribution in [2.45, 2.75) is 91.8 Å². The lowest BCUT2D eigenvalue weighted by Crippen LogP contribution is -2.60. The van der Waals surface area contributed by atoms with E-state index in [1.54, 1.807) is 0 Å². The van der Waals surface area contributed by atoms with E-state index in [1.807, 2.05) is 0 Å². The summed E-state index contributed by atoms with van der Waals surface area (Å²) in [6.45, 7) is 10.9. The van der Waals surface area contributed by atoms with Crippen LogP contribution in [-0.4, -0.2) is 31.1 Å². The largest absolute Gasteiger partial charge is 0.350 e. The van der Waals surface area contributed by atoms with Gasteiger partial charge < -0.3 is 9.47 Å². The zero-order valence-electron chi connectivity index (χ0n) is 20.0. The Balaban J connectivity index is 1.47. The molecule has 0 aromatic rings. The molecule has 9 atom stereocenters. The number of fused-ring (bicyclic) bond motifs is 5. The van der Waals surface area contributed by atoms with Gasteiger partial charge in [-0.1, -0.05) is 34.1 Å². The van der Waals surface area contributed by atoms with Crippen LogP contribution in [0.1, 0.15) is 85.5 Å². The monoisotopic (exact) mass is 430 g/mol. The summed E-state index contributed by atoms with van der Waals surface area (Å²) < 4.78 is 11.8. The highest BCUT2D eigenvalue weighted by Gasteiger charge is 2.65. The molecule has 5 aliphatic rings. The lowest BCUT2D eigenvalue weighted by molar-refractivity contribution is -0.173. The summed E-state index contributed by atoms with van der Waals surface area (Å²) in [5.41, 5.74) is 0.366. The quantitative estimate of drug-likeness (QED) is 0.597. The van der Waals surface area contributed by atoms with E-state index in [-0.39, 0.29) is 34.9 Å². The molecule has 4 saturated carbocycles. The van der Waals surface area contributed by atoms with Gasteiger partial charge in [-0.15, -0.1) is 0 Å². The highest BCUT2D eigenvalue weighted by Crippen LogP contribution is 2.68. The predicted octanol–water partition coefficient (Wildman–Crippen LogP) is 5.43. The Morgan fingerprint density at radius 2 is 1.68 bits per heavy atom. The maximum atomic E-state index is 14.1. The van der Waals surface area contributed by atoms with Crippen LogP contribution in [0, 0.1) is 52.3 Å². The molecule has 0 aromatic heterocycles. The van der Waals surface area contributed by atoms with E-state index in [2.05, 4.69) is 27.7 Å². The molecule has 0 spiro atoms. The highest BCUT2D eigenvalue weighted by atomic mass is 16.7. The van der Waals surface area contributed by atoms with Crippen LogP contribution in [-0.2, 0) is 19.1 Å². The molecule has 0 N–H and O–H groups in total. The van der Waals surface area contributed by atoms with Gasteiger partial charge in [0.25, 0.3) is 0 Å². The summed E-state index contributed by atoms with van der Waals surface area (Å²) in [7, 11) is 0. The molecule has 5 fully saturated rings. The molecular weight excluding hydrogens is 388 g/mol. The second-order valence-electron chi connectivity index (χ2n) is 12.1. The van der Waals surface area contributed by atoms with E-state index in [9.17, 15) is 9.59 Å². The maximum Gasteiger partial charge on any atom is 0.160 e. The second-order valence-corrected chi connectivity index (χ2v) is 12.1. The lowest BCUT2D eigenvalue weighted by Gasteiger charge is -2.61. The zero-order chi connectivity index (χ0) is 22.0. The number of rotatable bonds is 4. The van der Waals surface area contributed by atoms with Gasteiger partial charge in [0.2, 0.25) is 0 Å². The predicted molar refractivity (Wildman–Crippen MR) is 119 cm³/mol. The molecule has 4 heteroatoms. The van der Waals surface area contributed by atoms with Gasteiger partial charge in [-0.25, -0.2) is 0 Å². The van der Waals surface area contributed by atoms with E-state index >= 15 is 0 Å². The van der Waals surface area contributed by atoms with E-state index in [0.29, 0.717) is 54.9 Å². The van der Waals surface area contributed by atoms with Crippen LogP contribution < -0.4 is 0 Å². The molecule has 0 radical (unpaired) electrons. The molecule has 4 nitrogen and oxygen atoms in total. The van der Waals surface area contributed by atoms with E-state index in [4.69, 9.17) is 9.47 Å². The Bertz CT molecular complexity index is 727. The minimum Gasteiger partial charge on any atom is -0.350 e. The fourth-order valence-electron chi connectivity index (χ4n) is 9.39. The van der Waals surface area contributed by atoms with E-state index in [1.165, 1.54) is 19.3 Å². The first-order valence-corrected chi connectivity index (χ1v) is 13.1. The Labute approximate surface area is 188 Å². The fourth-order valence-corrected chi connectivity index (χ4v) is 9.39. The van der Waals surface area contributed by atoms with Crippen molar-refractivity contribution in [2.75, 3.05) is 13.2 Å². The Hall–Kier alpha value is -0.740. The first-order chi connectivity index (χ1) is 14.8. The number of carbonyl (C=O) groups is 2. The van der Waals surface area contributed by atoms with Crippen LogP contribution in [0.2, 0.25) is 0 Å². The molecule has 1 heterocycles.